The molecule has 9 nitrogen and oxygen atoms in total. The molecule has 0 saturated carbocycles. The summed E-state index contributed by atoms with van der Waals surface area (Å²) in [5, 5.41) is 24.0. The highest BCUT2D eigenvalue weighted by atomic mass is 16.6. The zero-order valence-electron chi connectivity index (χ0n) is 14.2. The van der Waals surface area contributed by atoms with Gasteiger partial charge in [0.2, 0.25) is 0 Å². The normalized spacial score (nSPS) is 11.0. The monoisotopic (exact) mass is 369 g/mol. The summed E-state index contributed by atoms with van der Waals surface area (Å²) in [5.74, 6) is 0.623. The van der Waals surface area contributed by atoms with Crippen LogP contribution in [0.15, 0.2) is 53.1 Å². The number of phenolic OH excluding ortho intramolecular Hbond substituents is 1. The van der Waals surface area contributed by atoms with E-state index in [-0.39, 0.29) is 29.6 Å². The van der Waals surface area contributed by atoms with E-state index >= 15 is 0 Å². The topological polar surface area (TPSA) is 121 Å². The van der Waals surface area contributed by atoms with Gasteiger partial charge in [0.1, 0.15) is 18.1 Å². The van der Waals surface area contributed by atoms with Crippen LogP contribution in [0.3, 0.4) is 0 Å². The largest absolute Gasteiger partial charge is 0.504 e. The Morgan fingerprint density at radius 1 is 1.37 bits per heavy atom. The summed E-state index contributed by atoms with van der Waals surface area (Å²) in [5.41, 5.74) is 0.358. The number of carbonyl (C=O) groups is 1. The lowest BCUT2D eigenvalue weighted by Gasteiger charge is -2.04. The first-order valence-corrected chi connectivity index (χ1v) is 7.82. The highest BCUT2D eigenvalue weighted by Crippen LogP contribution is 2.26. The van der Waals surface area contributed by atoms with Gasteiger partial charge in [0.15, 0.2) is 17.3 Å². The van der Waals surface area contributed by atoms with Gasteiger partial charge in [0.05, 0.1) is 24.5 Å². The second-order valence-corrected chi connectivity index (χ2v) is 5.52. The highest BCUT2D eigenvalue weighted by molar-refractivity contribution is 6.07. The molecule has 3 aromatic rings. The Labute approximate surface area is 153 Å². The summed E-state index contributed by atoms with van der Waals surface area (Å²) in [6, 6.07) is 8.99. The molecule has 0 atom stereocenters. The third-order valence-corrected chi connectivity index (χ3v) is 3.68. The molecule has 3 rings (SSSR count). The molecule has 2 aromatic heterocycles. The fourth-order valence-corrected chi connectivity index (χ4v) is 2.35. The van der Waals surface area contributed by atoms with Crippen LogP contribution in [0.2, 0.25) is 0 Å². The van der Waals surface area contributed by atoms with Crippen molar-refractivity contribution < 1.29 is 24.0 Å². The maximum atomic E-state index is 12.2. The van der Waals surface area contributed by atoms with Gasteiger partial charge in [0, 0.05) is 5.56 Å². The van der Waals surface area contributed by atoms with Crippen molar-refractivity contribution in [3.8, 4) is 11.5 Å². The Bertz CT molecular complexity index is 1020. The number of carbonyl (C=O) groups excluding carboxylic acids is 1. The lowest BCUT2D eigenvalue weighted by atomic mass is 10.1. The second-order valence-electron chi connectivity index (χ2n) is 5.52. The molecule has 0 saturated heterocycles. The Balaban J connectivity index is 1.67. The Kier molecular flexibility index (Phi) is 5.02. The Hall–Kier alpha value is -3.88. The quantitative estimate of drug-likeness (QED) is 0.294. The molecular weight excluding hydrogens is 354 g/mol. The smallest absolute Gasteiger partial charge is 0.389 e. The molecule has 0 aliphatic heterocycles. The summed E-state index contributed by atoms with van der Waals surface area (Å²) in [6.45, 7) is 0.227. The number of aromatic hydroxyl groups is 1. The van der Waals surface area contributed by atoms with Gasteiger partial charge in [-0.3, -0.25) is 4.79 Å². The number of aromatic nitrogens is 2. The maximum absolute atomic E-state index is 12.2. The Morgan fingerprint density at radius 2 is 2.19 bits per heavy atom. The predicted molar refractivity (Wildman–Crippen MR) is 94.7 cm³/mol. The summed E-state index contributed by atoms with van der Waals surface area (Å²) in [7, 11) is 1.40. The summed E-state index contributed by atoms with van der Waals surface area (Å²) >= 11 is 0. The lowest BCUT2D eigenvalue weighted by molar-refractivity contribution is -0.389. The van der Waals surface area contributed by atoms with E-state index in [1.165, 1.54) is 54.4 Å². The van der Waals surface area contributed by atoms with E-state index in [9.17, 15) is 20.0 Å². The number of hydrogen-bond donors (Lipinski definition) is 1. The van der Waals surface area contributed by atoms with Gasteiger partial charge < -0.3 is 24.4 Å². The third-order valence-electron chi connectivity index (χ3n) is 3.68. The van der Waals surface area contributed by atoms with Crippen molar-refractivity contribution >= 4 is 17.7 Å². The van der Waals surface area contributed by atoms with Gasteiger partial charge in [-0.05, 0) is 47.4 Å². The second kappa shape index (κ2) is 7.56. The van der Waals surface area contributed by atoms with E-state index in [4.69, 9.17) is 9.15 Å². The van der Waals surface area contributed by atoms with Gasteiger partial charge in [0.25, 0.3) is 0 Å². The van der Waals surface area contributed by atoms with Crippen LogP contribution in [0.4, 0.5) is 5.82 Å². The van der Waals surface area contributed by atoms with Crippen LogP contribution in [-0.4, -0.2) is 32.7 Å². The molecule has 0 unspecified atom stereocenters. The van der Waals surface area contributed by atoms with Crippen LogP contribution >= 0.6 is 0 Å². The van der Waals surface area contributed by atoms with Crippen LogP contribution in [0.1, 0.15) is 21.9 Å². The molecular formula is C18H15N3O6. The zero-order valence-corrected chi connectivity index (χ0v) is 14.2. The number of ether oxygens (including phenoxy) is 1. The number of furan rings is 1. The molecule has 138 valence electrons. The maximum Gasteiger partial charge on any atom is 0.389 e. The van der Waals surface area contributed by atoms with E-state index in [0.29, 0.717) is 17.1 Å². The van der Waals surface area contributed by atoms with Crippen LogP contribution in [0.25, 0.3) is 6.08 Å². The Morgan fingerprint density at radius 3 is 2.89 bits per heavy atom. The van der Waals surface area contributed by atoms with Crippen LogP contribution < -0.4 is 4.74 Å². The van der Waals surface area contributed by atoms with E-state index in [1.807, 2.05) is 0 Å². The zero-order chi connectivity index (χ0) is 19.4. The molecule has 0 bridgehead atoms. The number of rotatable bonds is 7. The van der Waals surface area contributed by atoms with Crippen molar-refractivity contribution in [3.63, 3.8) is 0 Å². The number of phenols is 1. The summed E-state index contributed by atoms with van der Waals surface area (Å²) < 4.78 is 11.9. The van der Waals surface area contributed by atoms with Crippen molar-refractivity contribution in [3.05, 3.63) is 75.9 Å². The molecule has 0 amide bonds. The molecule has 0 spiro atoms. The summed E-state index contributed by atoms with van der Waals surface area (Å²) in [4.78, 5) is 22.3. The number of ketones is 1. The van der Waals surface area contributed by atoms with Gasteiger partial charge in [-0.2, -0.15) is 4.68 Å². The van der Waals surface area contributed by atoms with Gasteiger partial charge in [-0.25, -0.2) is 0 Å². The van der Waals surface area contributed by atoms with Gasteiger partial charge in [-0.15, -0.1) is 0 Å². The average Bonchev–Trinajstić information content (AvgIpc) is 3.30. The predicted octanol–water partition coefficient (Wildman–Crippen LogP) is 3.04. The number of methoxy groups -OCH3 is 1. The van der Waals surface area contributed by atoms with Crippen molar-refractivity contribution in [2.75, 3.05) is 7.11 Å². The van der Waals surface area contributed by atoms with Crippen molar-refractivity contribution in [2.24, 2.45) is 0 Å². The number of nitro groups is 1. The first kappa shape index (κ1) is 17.9. The molecule has 1 N–H and O–H groups in total. The molecule has 0 aliphatic carbocycles. The minimum Gasteiger partial charge on any atom is -0.504 e. The van der Waals surface area contributed by atoms with Gasteiger partial charge in [-0.1, -0.05) is 0 Å². The average molecular weight is 369 g/mol. The van der Waals surface area contributed by atoms with E-state index in [0.717, 1.165) is 0 Å². The SMILES string of the molecule is COc1cc(C(=O)/C=C/c2ccc(Cn3ccc([N+](=O)[O-])n3)o2)ccc1O. The molecule has 2 heterocycles. The number of hydrogen-bond acceptors (Lipinski definition) is 7. The van der Waals surface area contributed by atoms with Gasteiger partial charge >= 0.3 is 5.82 Å². The summed E-state index contributed by atoms with van der Waals surface area (Å²) in [6.07, 6.45) is 4.34. The van der Waals surface area contributed by atoms with Crippen LogP contribution in [0.5, 0.6) is 11.5 Å². The van der Waals surface area contributed by atoms with Crippen molar-refractivity contribution in [1.82, 2.24) is 9.78 Å². The molecule has 1 aromatic carbocycles. The van der Waals surface area contributed by atoms with Crippen molar-refractivity contribution in [2.45, 2.75) is 6.54 Å². The highest BCUT2D eigenvalue weighted by Gasteiger charge is 2.12. The minimum absolute atomic E-state index is 0.0486. The molecule has 0 fully saturated rings. The first-order chi connectivity index (χ1) is 13.0. The number of nitrogens with zero attached hydrogens (tertiary/aromatic N) is 3. The van der Waals surface area contributed by atoms with E-state index in [2.05, 4.69) is 5.10 Å². The van der Waals surface area contributed by atoms with E-state index < -0.39 is 4.92 Å². The first-order valence-electron chi connectivity index (χ1n) is 7.82. The lowest BCUT2D eigenvalue weighted by Crippen LogP contribution is -2.00. The van der Waals surface area contributed by atoms with Crippen molar-refractivity contribution in [1.29, 1.82) is 0 Å². The standard InChI is InChI=1S/C18H15N3O6/c1-26-17-10-12(2-6-16(17)23)15(22)7-5-13-3-4-14(27-13)11-20-9-8-18(19-20)21(24)25/h2-10,23H,11H2,1H3/b7-5+. The molecule has 27 heavy (non-hydrogen) atoms. The van der Waals surface area contributed by atoms with Crippen LogP contribution in [0, 0.1) is 10.1 Å². The van der Waals surface area contributed by atoms with E-state index in [1.54, 1.807) is 12.1 Å². The fraction of sp³-hybridized carbons (Fsp3) is 0.111. The minimum atomic E-state index is -0.573. The number of benzene rings is 1. The van der Waals surface area contributed by atoms with Crippen LogP contribution in [-0.2, 0) is 6.54 Å². The molecule has 0 aliphatic rings. The fourth-order valence-electron chi connectivity index (χ4n) is 2.35. The third kappa shape index (κ3) is 4.21. The number of allylic oxidation sites excluding steroid dienone is 1. The molecule has 9 heteroatoms. The molecule has 0 radical (unpaired) electrons.